The van der Waals surface area contributed by atoms with Crippen LogP contribution in [0.3, 0.4) is 0 Å². The smallest absolute Gasteiger partial charge is 0.132 e. The minimum atomic E-state index is -0.487. The predicted octanol–water partition coefficient (Wildman–Crippen LogP) is 3.47. The minimum absolute atomic E-state index is 0.159. The molecule has 1 heterocycles. The van der Waals surface area contributed by atoms with Crippen molar-refractivity contribution >= 4 is 0 Å². The van der Waals surface area contributed by atoms with Gasteiger partial charge in [-0.25, -0.2) is 13.8 Å². The molecule has 0 atom stereocenters. The summed E-state index contributed by atoms with van der Waals surface area (Å²) in [6.45, 7) is 0. The average Bonchev–Trinajstić information content (AvgIpc) is 2.93. The molecule has 20 heavy (non-hydrogen) atoms. The highest BCUT2D eigenvalue weighted by atomic mass is 19.1. The van der Waals surface area contributed by atoms with Crippen molar-refractivity contribution in [2.45, 2.75) is 37.6 Å². The zero-order chi connectivity index (χ0) is 14.2. The summed E-state index contributed by atoms with van der Waals surface area (Å²) in [4.78, 5) is 7.43. The molecule has 0 amide bonds. The standard InChI is InChI=1S/C15H17F2N3/c16-10-4-5-12(17)11(8-10)13-9-19-14(20-13)15(18)6-2-1-3-7-15/h4-5,8-9H,1-3,6-7,18H2,(H,19,20). The van der Waals surface area contributed by atoms with E-state index < -0.39 is 17.2 Å². The van der Waals surface area contributed by atoms with Gasteiger partial charge in [-0.15, -0.1) is 0 Å². The van der Waals surface area contributed by atoms with Gasteiger partial charge < -0.3 is 10.7 Å². The molecule has 1 fully saturated rings. The Bertz CT molecular complexity index is 615. The molecule has 1 aliphatic carbocycles. The topological polar surface area (TPSA) is 54.7 Å². The molecule has 1 aliphatic rings. The zero-order valence-corrected chi connectivity index (χ0v) is 11.1. The van der Waals surface area contributed by atoms with Crippen LogP contribution in [0.5, 0.6) is 0 Å². The summed E-state index contributed by atoms with van der Waals surface area (Å²) in [6, 6.07) is 3.36. The maximum atomic E-state index is 13.8. The fourth-order valence-electron chi connectivity index (χ4n) is 2.83. The third-order valence-electron chi connectivity index (χ3n) is 4.00. The fourth-order valence-corrected chi connectivity index (χ4v) is 2.83. The van der Waals surface area contributed by atoms with Crippen LogP contribution in [0.25, 0.3) is 11.3 Å². The first kappa shape index (κ1) is 13.2. The molecular weight excluding hydrogens is 260 g/mol. The van der Waals surface area contributed by atoms with Crippen LogP contribution in [0.1, 0.15) is 37.9 Å². The van der Waals surface area contributed by atoms with Crippen molar-refractivity contribution in [1.82, 2.24) is 9.97 Å². The molecule has 106 valence electrons. The number of nitrogens with zero attached hydrogens (tertiary/aromatic N) is 1. The van der Waals surface area contributed by atoms with E-state index in [1.54, 1.807) is 6.20 Å². The Labute approximate surface area is 116 Å². The summed E-state index contributed by atoms with van der Waals surface area (Å²) in [5.41, 5.74) is 6.46. The molecule has 0 bridgehead atoms. The highest BCUT2D eigenvalue weighted by Gasteiger charge is 2.32. The number of imidazole rings is 1. The summed E-state index contributed by atoms with van der Waals surface area (Å²) >= 11 is 0. The van der Waals surface area contributed by atoms with Gasteiger partial charge >= 0.3 is 0 Å². The maximum absolute atomic E-state index is 13.8. The number of H-pyrrole nitrogens is 1. The first-order valence-corrected chi connectivity index (χ1v) is 6.89. The number of aromatic amines is 1. The number of nitrogens with two attached hydrogens (primary N) is 1. The lowest BCUT2D eigenvalue weighted by atomic mass is 9.82. The van der Waals surface area contributed by atoms with Crippen molar-refractivity contribution in [3.8, 4) is 11.3 Å². The molecule has 0 aliphatic heterocycles. The Morgan fingerprint density at radius 3 is 2.65 bits per heavy atom. The van der Waals surface area contributed by atoms with E-state index in [1.165, 1.54) is 6.42 Å². The summed E-state index contributed by atoms with van der Waals surface area (Å²) in [6.07, 6.45) is 6.65. The van der Waals surface area contributed by atoms with E-state index in [1.807, 2.05) is 0 Å². The van der Waals surface area contributed by atoms with Crippen LogP contribution in [-0.2, 0) is 5.54 Å². The van der Waals surface area contributed by atoms with Gasteiger partial charge in [-0.3, -0.25) is 0 Å². The van der Waals surface area contributed by atoms with Crippen molar-refractivity contribution in [2.75, 3.05) is 0 Å². The van der Waals surface area contributed by atoms with Gasteiger partial charge in [-0.2, -0.15) is 0 Å². The average molecular weight is 277 g/mol. The molecule has 1 aromatic heterocycles. The van der Waals surface area contributed by atoms with Gasteiger partial charge in [-0.1, -0.05) is 19.3 Å². The van der Waals surface area contributed by atoms with Gasteiger partial charge in [0.15, 0.2) is 0 Å². The molecule has 3 N–H and O–H groups in total. The first-order chi connectivity index (χ1) is 9.58. The van der Waals surface area contributed by atoms with E-state index in [4.69, 9.17) is 5.73 Å². The lowest BCUT2D eigenvalue weighted by Crippen LogP contribution is -2.39. The number of nitrogens with one attached hydrogen (secondary N) is 1. The Hall–Kier alpha value is -1.75. The van der Waals surface area contributed by atoms with E-state index in [0.717, 1.165) is 43.9 Å². The molecular formula is C15H17F2N3. The molecule has 3 nitrogen and oxygen atoms in total. The normalized spacial score (nSPS) is 18.1. The third kappa shape index (κ3) is 2.33. The Balaban J connectivity index is 1.95. The van der Waals surface area contributed by atoms with Crippen molar-refractivity contribution in [3.63, 3.8) is 0 Å². The van der Waals surface area contributed by atoms with E-state index in [0.29, 0.717) is 11.5 Å². The number of benzene rings is 1. The second-order valence-electron chi connectivity index (χ2n) is 5.48. The molecule has 1 aromatic carbocycles. The number of hydrogen-bond donors (Lipinski definition) is 2. The predicted molar refractivity (Wildman–Crippen MR) is 72.9 cm³/mol. The van der Waals surface area contributed by atoms with E-state index in [-0.39, 0.29) is 5.56 Å². The number of aromatic nitrogens is 2. The third-order valence-corrected chi connectivity index (χ3v) is 4.00. The lowest BCUT2D eigenvalue weighted by Gasteiger charge is -2.31. The van der Waals surface area contributed by atoms with Crippen molar-refractivity contribution in [3.05, 3.63) is 41.9 Å². The Morgan fingerprint density at radius 1 is 1.15 bits per heavy atom. The van der Waals surface area contributed by atoms with Gasteiger partial charge in [0.1, 0.15) is 17.5 Å². The van der Waals surface area contributed by atoms with E-state index >= 15 is 0 Å². The van der Waals surface area contributed by atoms with Crippen LogP contribution < -0.4 is 5.73 Å². The second kappa shape index (κ2) is 4.98. The van der Waals surface area contributed by atoms with Gasteiger partial charge in [0.05, 0.1) is 11.2 Å². The molecule has 3 rings (SSSR count). The van der Waals surface area contributed by atoms with E-state index in [9.17, 15) is 8.78 Å². The summed E-state index contributed by atoms with van der Waals surface area (Å²) in [7, 11) is 0. The van der Waals surface area contributed by atoms with Crippen LogP contribution in [0.4, 0.5) is 8.78 Å². The number of rotatable bonds is 2. The molecule has 0 saturated heterocycles. The molecule has 0 unspecified atom stereocenters. The van der Waals surface area contributed by atoms with Crippen LogP contribution in [0, 0.1) is 11.6 Å². The fraction of sp³-hybridized carbons (Fsp3) is 0.400. The first-order valence-electron chi connectivity index (χ1n) is 6.89. The minimum Gasteiger partial charge on any atom is -0.346 e. The van der Waals surface area contributed by atoms with Crippen LogP contribution in [-0.4, -0.2) is 9.97 Å². The quantitative estimate of drug-likeness (QED) is 0.883. The highest BCUT2D eigenvalue weighted by Crippen LogP contribution is 2.34. The largest absolute Gasteiger partial charge is 0.346 e. The van der Waals surface area contributed by atoms with Gasteiger partial charge in [0.25, 0.3) is 0 Å². The molecule has 5 heteroatoms. The van der Waals surface area contributed by atoms with Crippen molar-refractivity contribution < 1.29 is 8.78 Å². The monoisotopic (exact) mass is 277 g/mol. The maximum Gasteiger partial charge on any atom is 0.132 e. The summed E-state index contributed by atoms with van der Waals surface area (Å²) < 4.78 is 27.0. The Morgan fingerprint density at radius 2 is 1.90 bits per heavy atom. The van der Waals surface area contributed by atoms with Crippen LogP contribution in [0.15, 0.2) is 24.4 Å². The van der Waals surface area contributed by atoms with Crippen molar-refractivity contribution in [1.29, 1.82) is 0 Å². The zero-order valence-electron chi connectivity index (χ0n) is 11.1. The Kier molecular flexibility index (Phi) is 3.30. The SMILES string of the molecule is NC1(c2nc(-c3cc(F)ccc3F)c[nH]2)CCCCC1. The second-order valence-corrected chi connectivity index (χ2v) is 5.48. The molecule has 0 radical (unpaired) electrons. The van der Waals surface area contributed by atoms with Gasteiger partial charge in [0, 0.05) is 11.8 Å². The van der Waals surface area contributed by atoms with E-state index in [2.05, 4.69) is 9.97 Å². The van der Waals surface area contributed by atoms with Crippen molar-refractivity contribution in [2.24, 2.45) is 5.73 Å². The molecule has 1 saturated carbocycles. The highest BCUT2D eigenvalue weighted by molar-refractivity contribution is 5.59. The lowest BCUT2D eigenvalue weighted by molar-refractivity contribution is 0.289. The summed E-state index contributed by atoms with van der Waals surface area (Å²) in [5, 5.41) is 0. The molecule has 2 aromatic rings. The number of hydrogen-bond acceptors (Lipinski definition) is 2. The van der Waals surface area contributed by atoms with Gasteiger partial charge in [-0.05, 0) is 31.0 Å². The van der Waals surface area contributed by atoms with Crippen LogP contribution in [0.2, 0.25) is 0 Å². The van der Waals surface area contributed by atoms with Gasteiger partial charge in [0.2, 0.25) is 0 Å². The summed E-state index contributed by atoms with van der Waals surface area (Å²) in [5.74, 6) is -0.305. The molecule has 0 spiro atoms. The van der Waals surface area contributed by atoms with Crippen LogP contribution >= 0.6 is 0 Å². The number of halogens is 2.